The first-order valence-electron chi connectivity index (χ1n) is 6.68. The zero-order valence-electron chi connectivity index (χ0n) is 11.8. The van der Waals surface area contributed by atoms with Crippen LogP contribution in [-0.4, -0.2) is 30.7 Å². The molecule has 18 heavy (non-hydrogen) atoms. The van der Waals surface area contributed by atoms with Crippen molar-refractivity contribution in [2.75, 3.05) is 20.7 Å². The van der Waals surface area contributed by atoms with E-state index in [2.05, 4.69) is 29.1 Å². The highest BCUT2D eigenvalue weighted by Gasteiger charge is 2.34. The van der Waals surface area contributed by atoms with Gasteiger partial charge in [0.2, 0.25) is 0 Å². The molecule has 1 aliphatic rings. The summed E-state index contributed by atoms with van der Waals surface area (Å²) in [7, 11) is 3.72. The fourth-order valence-electron chi connectivity index (χ4n) is 2.41. The summed E-state index contributed by atoms with van der Waals surface area (Å²) in [5, 5.41) is 3.17. The average molecular weight is 249 g/mol. The van der Waals surface area contributed by atoms with Gasteiger partial charge in [0.1, 0.15) is 6.10 Å². The van der Waals surface area contributed by atoms with Gasteiger partial charge in [0.15, 0.2) is 5.82 Å². The second kappa shape index (κ2) is 5.76. The summed E-state index contributed by atoms with van der Waals surface area (Å²) in [4.78, 5) is 9.31. The van der Waals surface area contributed by atoms with Crippen LogP contribution in [0.4, 0.5) is 0 Å². The van der Waals surface area contributed by atoms with Gasteiger partial charge >= 0.3 is 0 Å². The van der Waals surface area contributed by atoms with Crippen LogP contribution in [0.3, 0.4) is 0 Å². The zero-order chi connectivity index (χ0) is 13.1. The maximum Gasteiger partial charge on any atom is 0.157 e. The third-order valence-corrected chi connectivity index (χ3v) is 3.62. The SMILES string of the molecule is CNCCc1c(C)nc(C(OC)C2CC2)nc1C. The maximum absolute atomic E-state index is 5.55. The molecule has 4 heteroatoms. The van der Waals surface area contributed by atoms with E-state index in [-0.39, 0.29) is 6.10 Å². The van der Waals surface area contributed by atoms with Crippen molar-refractivity contribution >= 4 is 0 Å². The number of nitrogens with one attached hydrogen (secondary N) is 1. The smallest absolute Gasteiger partial charge is 0.157 e. The summed E-state index contributed by atoms with van der Waals surface area (Å²) in [6.45, 7) is 5.10. The molecule has 1 saturated carbocycles. The molecule has 1 N–H and O–H groups in total. The number of ether oxygens (including phenoxy) is 1. The lowest BCUT2D eigenvalue weighted by molar-refractivity contribution is 0.0768. The van der Waals surface area contributed by atoms with Crippen LogP contribution in [-0.2, 0) is 11.2 Å². The van der Waals surface area contributed by atoms with E-state index >= 15 is 0 Å². The molecule has 1 unspecified atom stereocenters. The van der Waals surface area contributed by atoms with Gasteiger partial charge in [-0.3, -0.25) is 0 Å². The summed E-state index contributed by atoms with van der Waals surface area (Å²) in [6.07, 6.45) is 3.54. The minimum absolute atomic E-state index is 0.0840. The van der Waals surface area contributed by atoms with E-state index in [0.717, 1.165) is 30.2 Å². The van der Waals surface area contributed by atoms with Gasteiger partial charge in [-0.05, 0) is 58.2 Å². The Labute approximate surface area is 109 Å². The molecule has 1 aliphatic carbocycles. The van der Waals surface area contributed by atoms with Gasteiger partial charge in [0, 0.05) is 18.5 Å². The number of rotatable bonds is 6. The molecule has 1 heterocycles. The van der Waals surface area contributed by atoms with Gasteiger partial charge in [-0.2, -0.15) is 0 Å². The molecule has 0 bridgehead atoms. The Kier molecular flexibility index (Phi) is 4.30. The van der Waals surface area contributed by atoms with Crippen LogP contribution in [0.1, 0.15) is 41.7 Å². The van der Waals surface area contributed by atoms with Crippen molar-refractivity contribution in [3.05, 3.63) is 22.8 Å². The second-order valence-electron chi connectivity index (χ2n) is 5.08. The first-order chi connectivity index (χ1) is 8.67. The highest BCUT2D eigenvalue weighted by molar-refractivity contribution is 5.25. The molecular formula is C14H23N3O. The number of aromatic nitrogens is 2. The molecule has 1 aromatic heterocycles. The van der Waals surface area contributed by atoms with Crippen LogP contribution < -0.4 is 5.32 Å². The van der Waals surface area contributed by atoms with Gasteiger partial charge in [-0.15, -0.1) is 0 Å². The molecule has 0 spiro atoms. The Morgan fingerprint density at radius 2 is 1.89 bits per heavy atom. The fraction of sp³-hybridized carbons (Fsp3) is 0.714. The summed E-state index contributed by atoms with van der Waals surface area (Å²) in [5.41, 5.74) is 3.45. The minimum atomic E-state index is 0.0840. The quantitative estimate of drug-likeness (QED) is 0.837. The normalized spacial score (nSPS) is 16.9. The van der Waals surface area contributed by atoms with E-state index in [1.807, 2.05) is 7.05 Å². The van der Waals surface area contributed by atoms with E-state index in [9.17, 15) is 0 Å². The topological polar surface area (TPSA) is 47.0 Å². The Bertz CT molecular complexity index is 392. The van der Waals surface area contributed by atoms with Gasteiger partial charge in [0.25, 0.3) is 0 Å². The van der Waals surface area contributed by atoms with E-state index < -0.39 is 0 Å². The molecule has 0 aliphatic heterocycles. The van der Waals surface area contributed by atoms with Crippen molar-refractivity contribution in [1.29, 1.82) is 0 Å². The Morgan fingerprint density at radius 1 is 1.28 bits per heavy atom. The molecule has 1 atom stereocenters. The van der Waals surface area contributed by atoms with Crippen molar-refractivity contribution in [1.82, 2.24) is 15.3 Å². The first-order valence-corrected chi connectivity index (χ1v) is 6.68. The molecule has 100 valence electrons. The summed E-state index contributed by atoms with van der Waals surface area (Å²) < 4.78 is 5.55. The molecule has 1 fully saturated rings. The highest BCUT2D eigenvalue weighted by atomic mass is 16.5. The van der Waals surface area contributed by atoms with Crippen LogP contribution in [0.15, 0.2) is 0 Å². The molecule has 0 radical (unpaired) electrons. The van der Waals surface area contributed by atoms with Gasteiger partial charge in [-0.1, -0.05) is 0 Å². The van der Waals surface area contributed by atoms with Gasteiger partial charge in [-0.25, -0.2) is 9.97 Å². The molecule has 1 aromatic rings. The summed E-state index contributed by atoms with van der Waals surface area (Å²) in [5.74, 6) is 1.49. The number of nitrogens with zero attached hydrogens (tertiary/aromatic N) is 2. The Balaban J connectivity index is 2.23. The predicted molar refractivity (Wildman–Crippen MR) is 71.6 cm³/mol. The van der Waals surface area contributed by atoms with E-state index in [0.29, 0.717) is 5.92 Å². The van der Waals surface area contributed by atoms with E-state index in [1.165, 1.54) is 18.4 Å². The fourth-order valence-corrected chi connectivity index (χ4v) is 2.41. The number of hydrogen-bond donors (Lipinski definition) is 1. The third kappa shape index (κ3) is 2.87. The predicted octanol–water partition coefficient (Wildman–Crippen LogP) is 1.95. The van der Waals surface area contributed by atoms with Crippen molar-refractivity contribution in [3.63, 3.8) is 0 Å². The van der Waals surface area contributed by atoms with Crippen molar-refractivity contribution in [2.45, 2.75) is 39.2 Å². The monoisotopic (exact) mass is 249 g/mol. The maximum atomic E-state index is 5.55. The Morgan fingerprint density at radius 3 is 2.33 bits per heavy atom. The van der Waals surface area contributed by atoms with Crippen molar-refractivity contribution < 1.29 is 4.74 Å². The second-order valence-corrected chi connectivity index (χ2v) is 5.08. The molecule has 0 saturated heterocycles. The van der Waals surface area contributed by atoms with Crippen LogP contribution in [0.5, 0.6) is 0 Å². The van der Waals surface area contributed by atoms with Crippen LogP contribution >= 0.6 is 0 Å². The number of likely N-dealkylation sites (N-methyl/N-ethyl adjacent to an activating group) is 1. The standard InChI is InChI=1S/C14H23N3O/c1-9-12(7-8-15-3)10(2)17-14(16-9)13(18-4)11-5-6-11/h11,13,15H,5-8H2,1-4H3. The van der Waals surface area contributed by atoms with Crippen LogP contribution in [0.25, 0.3) is 0 Å². The summed E-state index contributed by atoms with van der Waals surface area (Å²) in [6, 6.07) is 0. The highest BCUT2D eigenvalue weighted by Crippen LogP contribution is 2.42. The number of hydrogen-bond acceptors (Lipinski definition) is 4. The lowest BCUT2D eigenvalue weighted by Crippen LogP contribution is -2.16. The number of methoxy groups -OCH3 is 1. The van der Waals surface area contributed by atoms with E-state index in [4.69, 9.17) is 4.74 Å². The number of aryl methyl sites for hydroxylation is 2. The molecule has 0 aromatic carbocycles. The van der Waals surface area contributed by atoms with Gasteiger partial charge < -0.3 is 10.1 Å². The van der Waals surface area contributed by atoms with Crippen LogP contribution in [0, 0.1) is 19.8 Å². The van der Waals surface area contributed by atoms with Crippen LogP contribution in [0.2, 0.25) is 0 Å². The Hall–Kier alpha value is -1.00. The molecule has 2 rings (SSSR count). The molecule has 0 amide bonds. The largest absolute Gasteiger partial charge is 0.373 e. The van der Waals surface area contributed by atoms with Crippen molar-refractivity contribution in [3.8, 4) is 0 Å². The minimum Gasteiger partial charge on any atom is -0.373 e. The molecule has 4 nitrogen and oxygen atoms in total. The van der Waals surface area contributed by atoms with Gasteiger partial charge in [0.05, 0.1) is 0 Å². The lowest BCUT2D eigenvalue weighted by Gasteiger charge is -2.16. The van der Waals surface area contributed by atoms with Crippen molar-refractivity contribution in [2.24, 2.45) is 5.92 Å². The van der Waals surface area contributed by atoms with E-state index in [1.54, 1.807) is 7.11 Å². The molecular weight excluding hydrogens is 226 g/mol. The first kappa shape index (κ1) is 13.4. The third-order valence-electron chi connectivity index (χ3n) is 3.62. The lowest BCUT2D eigenvalue weighted by atomic mass is 10.1. The zero-order valence-corrected chi connectivity index (χ0v) is 11.8. The summed E-state index contributed by atoms with van der Waals surface area (Å²) >= 11 is 0. The average Bonchev–Trinajstić information content (AvgIpc) is 3.13.